The highest BCUT2D eigenvalue weighted by atomic mass is 31.0. The molecule has 1 nitrogen and oxygen atoms in total. The zero-order valence-electron chi connectivity index (χ0n) is 6.83. The van der Waals surface area contributed by atoms with Gasteiger partial charge in [0.05, 0.1) is 6.10 Å². The fourth-order valence-corrected chi connectivity index (χ4v) is 0.911. The number of hydrogen-bond donors (Lipinski definition) is 1. The quantitative estimate of drug-likeness (QED) is 0.674. The van der Waals surface area contributed by atoms with Gasteiger partial charge >= 0.3 is 0 Å². The molecule has 1 rings (SSSR count). The molecule has 62 valence electrons. The lowest BCUT2D eigenvalue weighted by Crippen LogP contribution is -1.93. The van der Waals surface area contributed by atoms with Crippen molar-refractivity contribution in [3.8, 4) is 0 Å². The van der Waals surface area contributed by atoms with Crippen LogP contribution in [0.25, 0.3) is 0 Å². The molecule has 2 unspecified atom stereocenters. The first-order valence-electron chi connectivity index (χ1n) is 3.57. The molecule has 11 heavy (non-hydrogen) atoms. The smallest absolute Gasteiger partial charge is 0.0787 e. The molecule has 0 fully saturated rings. The third kappa shape index (κ3) is 3.00. The van der Waals surface area contributed by atoms with Crippen molar-refractivity contribution in [2.24, 2.45) is 0 Å². The van der Waals surface area contributed by atoms with Crippen molar-refractivity contribution >= 4 is 9.90 Å². The average molecular weight is 170 g/mol. The SMILES string of the molecule is CCC(O)c1ccccc1.P. The van der Waals surface area contributed by atoms with Crippen molar-refractivity contribution in [2.75, 3.05) is 0 Å². The van der Waals surface area contributed by atoms with Gasteiger partial charge in [-0.15, -0.1) is 0 Å². The highest BCUT2D eigenvalue weighted by Gasteiger charge is 2.00. The maximum absolute atomic E-state index is 9.33. The predicted molar refractivity (Wildman–Crippen MR) is 52.8 cm³/mol. The van der Waals surface area contributed by atoms with Crippen molar-refractivity contribution in [1.29, 1.82) is 0 Å². The summed E-state index contributed by atoms with van der Waals surface area (Å²) < 4.78 is 0. The molecule has 0 saturated heterocycles. The standard InChI is InChI=1S/C9H12O.H3P/c1-2-9(10)8-6-4-3-5-7-8;/h3-7,9-10H,2H2,1H3;1H3. The summed E-state index contributed by atoms with van der Waals surface area (Å²) in [5.74, 6) is 0. The molecule has 0 saturated carbocycles. The molecular formula is C9H15OP. The van der Waals surface area contributed by atoms with Gasteiger partial charge in [0, 0.05) is 0 Å². The second-order valence-electron chi connectivity index (χ2n) is 2.33. The summed E-state index contributed by atoms with van der Waals surface area (Å²) in [6.45, 7) is 1.97. The second kappa shape index (κ2) is 5.29. The third-order valence-corrected chi connectivity index (χ3v) is 1.57. The molecule has 1 aromatic carbocycles. The lowest BCUT2D eigenvalue weighted by atomic mass is 10.1. The van der Waals surface area contributed by atoms with E-state index in [9.17, 15) is 5.11 Å². The van der Waals surface area contributed by atoms with Gasteiger partial charge in [0.1, 0.15) is 0 Å². The summed E-state index contributed by atoms with van der Waals surface area (Å²) >= 11 is 0. The van der Waals surface area contributed by atoms with Crippen molar-refractivity contribution in [3.05, 3.63) is 35.9 Å². The van der Waals surface area contributed by atoms with E-state index in [1.807, 2.05) is 37.3 Å². The monoisotopic (exact) mass is 170 g/mol. The van der Waals surface area contributed by atoms with Crippen LogP contribution in [0.3, 0.4) is 0 Å². The number of hydrogen-bond acceptors (Lipinski definition) is 1. The van der Waals surface area contributed by atoms with E-state index >= 15 is 0 Å². The largest absolute Gasteiger partial charge is 0.388 e. The molecule has 0 heterocycles. The van der Waals surface area contributed by atoms with Gasteiger partial charge in [-0.2, -0.15) is 9.90 Å². The molecular weight excluding hydrogens is 155 g/mol. The van der Waals surface area contributed by atoms with Crippen LogP contribution in [-0.4, -0.2) is 5.11 Å². The van der Waals surface area contributed by atoms with Gasteiger partial charge in [-0.25, -0.2) is 0 Å². The van der Waals surface area contributed by atoms with E-state index in [2.05, 4.69) is 0 Å². The van der Waals surface area contributed by atoms with E-state index in [0.717, 1.165) is 12.0 Å². The molecule has 0 bridgehead atoms. The molecule has 0 aromatic heterocycles. The fraction of sp³-hybridized carbons (Fsp3) is 0.333. The zero-order valence-corrected chi connectivity index (χ0v) is 8.24. The Bertz CT molecular complexity index is 186. The Balaban J connectivity index is 0.000001000. The highest BCUT2D eigenvalue weighted by molar-refractivity contribution is 6.92. The van der Waals surface area contributed by atoms with E-state index in [-0.39, 0.29) is 16.0 Å². The number of aliphatic hydroxyl groups is 1. The van der Waals surface area contributed by atoms with Gasteiger partial charge in [0.25, 0.3) is 0 Å². The predicted octanol–water partition coefficient (Wildman–Crippen LogP) is 2.19. The summed E-state index contributed by atoms with van der Waals surface area (Å²) in [5, 5.41) is 9.33. The van der Waals surface area contributed by atoms with Crippen molar-refractivity contribution in [1.82, 2.24) is 0 Å². The Morgan fingerprint density at radius 1 is 1.27 bits per heavy atom. The van der Waals surface area contributed by atoms with Gasteiger partial charge in [0.2, 0.25) is 0 Å². The Labute approximate surface area is 71.1 Å². The van der Waals surface area contributed by atoms with E-state index in [4.69, 9.17) is 0 Å². The molecule has 2 heteroatoms. The maximum atomic E-state index is 9.33. The molecule has 2 atom stereocenters. The minimum absolute atomic E-state index is 0. The first-order chi connectivity index (χ1) is 4.84. The normalized spacial score (nSPS) is 11.8. The van der Waals surface area contributed by atoms with Gasteiger partial charge in [-0.05, 0) is 12.0 Å². The minimum atomic E-state index is -0.291. The van der Waals surface area contributed by atoms with Crippen LogP contribution >= 0.6 is 9.90 Å². The lowest BCUT2D eigenvalue weighted by Gasteiger charge is -2.05. The number of rotatable bonds is 2. The van der Waals surface area contributed by atoms with E-state index in [1.165, 1.54) is 0 Å². The second-order valence-corrected chi connectivity index (χ2v) is 2.33. The summed E-state index contributed by atoms with van der Waals surface area (Å²) in [5.41, 5.74) is 1.00. The average Bonchev–Trinajstić information content (AvgIpc) is 2.05. The van der Waals surface area contributed by atoms with Crippen LogP contribution < -0.4 is 0 Å². The Kier molecular flexibility index (Phi) is 5.10. The third-order valence-electron chi connectivity index (χ3n) is 1.57. The van der Waals surface area contributed by atoms with Gasteiger partial charge in [0.15, 0.2) is 0 Å². The van der Waals surface area contributed by atoms with Crippen LogP contribution in [0.2, 0.25) is 0 Å². The molecule has 0 aliphatic rings. The zero-order chi connectivity index (χ0) is 7.40. The highest BCUT2D eigenvalue weighted by Crippen LogP contribution is 2.14. The van der Waals surface area contributed by atoms with E-state index in [1.54, 1.807) is 0 Å². The minimum Gasteiger partial charge on any atom is -0.388 e. The van der Waals surface area contributed by atoms with E-state index < -0.39 is 0 Å². The molecule has 0 aliphatic carbocycles. The summed E-state index contributed by atoms with van der Waals surface area (Å²) in [6.07, 6.45) is 0.491. The summed E-state index contributed by atoms with van der Waals surface area (Å²) in [6, 6.07) is 9.70. The van der Waals surface area contributed by atoms with Crippen LogP contribution in [-0.2, 0) is 0 Å². The van der Waals surface area contributed by atoms with Crippen molar-refractivity contribution < 1.29 is 5.11 Å². The Morgan fingerprint density at radius 2 is 1.82 bits per heavy atom. The first-order valence-corrected chi connectivity index (χ1v) is 3.57. The summed E-state index contributed by atoms with van der Waals surface area (Å²) in [4.78, 5) is 0. The van der Waals surface area contributed by atoms with Crippen molar-refractivity contribution in [2.45, 2.75) is 19.4 Å². The Hall–Kier alpha value is -0.390. The molecule has 0 amide bonds. The van der Waals surface area contributed by atoms with Crippen LogP contribution in [0.1, 0.15) is 25.0 Å². The molecule has 0 spiro atoms. The van der Waals surface area contributed by atoms with E-state index in [0.29, 0.717) is 0 Å². The molecule has 0 radical (unpaired) electrons. The topological polar surface area (TPSA) is 20.2 Å². The van der Waals surface area contributed by atoms with Crippen LogP contribution in [0.5, 0.6) is 0 Å². The van der Waals surface area contributed by atoms with Crippen LogP contribution in [0, 0.1) is 0 Å². The van der Waals surface area contributed by atoms with Gasteiger partial charge in [-0.1, -0.05) is 37.3 Å². The fourth-order valence-electron chi connectivity index (χ4n) is 0.911. The van der Waals surface area contributed by atoms with Gasteiger partial charge in [-0.3, -0.25) is 0 Å². The maximum Gasteiger partial charge on any atom is 0.0787 e. The van der Waals surface area contributed by atoms with Crippen LogP contribution in [0.15, 0.2) is 30.3 Å². The Morgan fingerprint density at radius 3 is 2.27 bits per heavy atom. The molecule has 1 aromatic rings. The molecule has 0 aliphatic heterocycles. The van der Waals surface area contributed by atoms with Crippen LogP contribution in [0.4, 0.5) is 0 Å². The first kappa shape index (κ1) is 10.6. The van der Waals surface area contributed by atoms with Gasteiger partial charge < -0.3 is 5.11 Å². The lowest BCUT2D eigenvalue weighted by molar-refractivity contribution is 0.173. The number of benzene rings is 1. The summed E-state index contributed by atoms with van der Waals surface area (Å²) in [7, 11) is 0. The van der Waals surface area contributed by atoms with Crippen molar-refractivity contribution in [3.63, 3.8) is 0 Å². The number of aliphatic hydroxyl groups excluding tert-OH is 1. The molecule has 1 N–H and O–H groups in total.